The maximum atomic E-state index is 12.8. The normalized spacial score (nSPS) is 11.4. The van der Waals surface area contributed by atoms with Crippen molar-refractivity contribution < 1.29 is 17.6 Å². The van der Waals surface area contributed by atoms with Crippen molar-refractivity contribution in [1.29, 1.82) is 0 Å². The minimum atomic E-state index is -3.42. The molecule has 0 aliphatic heterocycles. The van der Waals surface area contributed by atoms with Gasteiger partial charge in [0.15, 0.2) is 0 Å². The summed E-state index contributed by atoms with van der Waals surface area (Å²) in [5, 5.41) is 7.31. The molecular weight excluding hydrogens is 530 g/mol. The van der Waals surface area contributed by atoms with Gasteiger partial charge in [0.1, 0.15) is 17.2 Å². The van der Waals surface area contributed by atoms with Crippen molar-refractivity contribution in [3.8, 4) is 0 Å². The van der Waals surface area contributed by atoms with E-state index in [4.69, 9.17) is 4.42 Å². The molecule has 40 heavy (non-hydrogen) atoms. The molecule has 0 saturated carbocycles. The van der Waals surface area contributed by atoms with E-state index in [1.165, 1.54) is 17.6 Å². The van der Waals surface area contributed by atoms with E-state index in [1.807, 2.05) is 24.3 Å². The van der Waals surface area contributed by atoms with E-state index in [1.54, 1.807) is 66.9 Å². The fourth-order valence-electron chi connectivity index (χ4n) is 4.21. The number of fused-ring (bicyclic) bond motifs is 1. The number of para-hydroxylation sites is 1. The molecule has 3 N–H and O–H groups in total. The number of nitrogens with zero attached hydrogens (tertiary/aromatic N) is 4. The molecule has 5 rings (SSSR count). The Morgan fingerprint density at radius 2 is 1.77 bits per heavy atom. The number of nitrogens with one attached hydrogen (secondary N) is 3. The molecule has 5 aromatic rings. The van der Waals surface area contributed by atoms with E-state index < -0.39 is 10.0 Å². The van der Waals surface area contributed by atoms with Crippen LogP contribution in [0.2, 0.25) is 0 Å². The molecule has 11 nitrogen and oxygen atoms in total. The quantitative estimate of drug-likeness (QED) is 0.226. The van der Waals surface area contributed by atoms with Gasteiger partial charge in [-0.05, 0) is 54.1 Å². The van der Waals surface area contributed by atoms with Crippen LogP contribution in [0.3, 0.4) is 0 Å². The first-order chi connectivity index (χ1) is 19.2. The van der Waals surface area contributed by atoms with Gasteiger partial charge in [-0.25, -0.2) is 8.42 Å². The number of carbonyl (C=O) groups is 1. The number of aromatic amines is 1. The summed E-state index contributed by atoms with van der Waals surface area (Å²) < 4.78 is 30.8. The Bertz CT molecular complexity index is 1730. The number of carbonyl (C=O) groups excluding carboxylic acids is 1. The molecule has 206 valence electrons. The van der Waals surface area contributed by atoms with Crippen LogP contribution in [0.25, 0.3) is 11.0 Å². The number of hydrogen-bond donors (Lipinski definition) is 3. The predicted molar refractivity (Wildman–Crippen MR) is 155 cm³/mol. The third-order valence-electron chi connectivity index (χ3n) is 6.40. The van der Waals surface area contributed by atoms with Crippen molar-refractivity contribution in [2.75, 3.05) is 35.3 Å². The van der Waals surface area contributed by atoms with Crippen LogP contribution in [0, 0.1) is 0 Å². The lowest BCUT2D eigenvalue weighted by atomic mass is 10.1. The Kier molecular flexibility index (Phi) is 7.43. The van der Waals surface area contributed by atoms with Crippen molar-refractivity contribution in [2.45, 2.75) is 13.1 Å². The average Bonchev–Trinajstić information content (AvgIpc) is 3.63. The second kappa shape index (κ2) is 11.1. The maximum Gasteiger partial charge on any atom is 0.254 e. The Morgan fingerprint density at radius 1 is 1.00 bits per heavy atom. The molecule has 0 saturated heterocycles. The summed E-state index contributed by atoms with van der Waals surface area (Å²) in [4.78, 5) is 26.7. The molecule has 1 amide bonds. The molecule has 0 aliphatic carbocycles. The molecule has 2 aromatic carbocycles. The van der Waals surface area contributed by atoms with Crippen LogP contribution in [-0.4, -0.2) is 54.5 Å². The second-order valence-corrected chi connectivity index (χ2v) is 11.3. The highest BCUT2D eigenvalue weighted by molar-refractivity contribution is 7.92. The van der Waals surface area contributed by atoms with Crippen molar-refractivity contribution in [3.05, 3.63) is 96.1 Å². The Labute approximate surface area is 231 Å². The van der Waals surface area contributed by atoms with Crippen LogP contribution in [0.4, 0.5) is 23.1 Å². The first-order valence-corrected chi connectivity index (χ1v) is 14.3. The third-order valence-corrected chi connectivity index (χ3v) is 7.59. The fourth-order valence-corrected chi connectivity index (χ4v) is 4.75. The number of hydrogen-bond acceptors (Lipinski definition) is 8. The van der Waals surface area contributed by atoms with Crippen molar-refractivity contribution in [1.82, 2.24) is 19.9 Å². The summed E-state index contributed by atoms with van der Waals surface area (Å²) >= 11 is 0. The van der Waals surface area contributed by atoms with Crippen molar-refractivity contribution in [2.24, 2.45) is 0 Å². The number of benzene rings is 2. The molecule has 0 fully saturated rings. The highest BCUT2D eigenvalue weighted by atomic mass is 32.2. The highest BCUT2D eigenvalue weighted by Crippen LogP contribution is 2.26. The number of anilines is 4. The molecule has 3 aromatic heterocycles. The minimum Gasteiger partial charge on any atom is -0.467 e. The maximum absolute atomic E-state index is 12.8. The number of H-pyrrole nitrogens is 1. The lowest BCUT2D eigenvalue weighted by Gasteiger charge is -2.20. The van der Waals surface area contributed by atoms with E-state index in [0.29, 0.717) is 53.2 Å². The van der Waals surface area contributed by atoms with Gasteiger partial charge in [-0.15, -0.1) is 0 Å². The molecule has 12 heteroatoms. The van der Waals surface area contributed by atoms with E-state index >= 15 is 0 Å². The van der Waals surface area contributed by atoms with Gasteiger partial charge in [0, 0.05) is 38.1 Å². The van der Waals surface area contributed by atoms with Crippen LogP contribution in [0.5, 0.6) is 0 Å². The fraction of sp³-hybridized carbons (Fsp3) is 0.179. The summed E-state index contributed by atoms with van der Waals surface area (Å²) in [5.41, 5.74) is 3.26. The molecule has 0 radical (unpaired) electrons. The van der Waals surface area contributed by atoms with Crippen LogP contribution >= 0.6 is 0 Å². The summed E-state index contributed by atoms with van der Waals surface area (Å²) in [6.45, 7) is 0.718. The number of amides is 1. The number of sulfonamides is 1. The van der Waals surface area contributed by atoms with E-state index in [9.17, 15) is 13.2 Å². The molecule has 0 bridgehead atoms. The number of aromatic nitrogens is 3. The predicted octanol–water partition coefficient (Wildman–Crippen LogP) is 4.57. The minimum absolute atomic E-state index is 0.125. The van der Waals surface area contributed by atoms with Crippen LogP contribution in [0.15, 0.2) is 83.6 Å². The van der Waals surface area contributed by atoms with Gasteiger partial charge in [0.05, 0.1) is 30.1 Å². The molecule has 3 heterocycles. The van der Waals surface area contributed by atoms with Gasteiger partial charge in [-0.2, -0.15) is 9.97 Å². The lowest BCUT2D eigenvalue weighted by molar-refractivity contribution is 0.0775. The SMILES string of the molecule is CN(Cc1ccco1)C(=O)c1ccc(Nc2nc(NCc3ccccc3N(C)S(C)(=O)=O)c3cc[nH]c3n2)cc1. The van der Waals surface area contributed by atoms with Crippen molar-refractivity contribution in [3.63, 3.8) is 0 Å². The van der Waals surface area contributed by atoms with Gasteiger partial charge < -0.3 is 24.9 Å². The van der Waals surface area contributed by atoms with Crippen molar-refractivity contribution >= 4 is 50.1 Å². The average molecular weight is 560 g/mol. The number of furan rings is 1. The first kappa shape index (κ1) is 26.8. The third kappa shape index (κ3) is 5.91. The highest BCUT2D eigenvalue weighted by Gasteiger charge is 2.17. The molecule has 0 aliphatic rings. The summed E-state index contributed by atoms with van der Waals surface area (Å²) in [6, 6.07) is 19.8. The van der Waals surface area contributed by atoms with Gasteiger partial charge in [-0.1, -0.05) is 18.2 Å². The Balaban J connectivity index is 1.32. The molecular formula is C28H29N7O4S. The second-order valence-electron chi connectivity index (χ2n) is 9.29. The summed E-state index contributed by atoms with van der Waals surface area (Å²) in [5.74, 6) is 1.52. The molecule has 0 atom stereocenters. The smallest absolute Gasteiger partial charge is 0.254 e. The van der Waals surface area contributed by atoms with E-state index in [0.717, 1.165) is 10.9 Å². The summed E-state index contributed by atoms with van der Waals surface area (Å²) in [6.07, 6.45) is 4.53. The number of rotatable bonds is 10. The van der Waals surface area contributed by atoms with E-state index in [2.05, 4.69) is 25.6 Å². The summed E-state index contributed by atoms with van der Waals surface area (Å²) in [7, 11) is -0.163. The van der Waals surface area contributed by atoms with Gasteiger partial charge in [0.2, 0.25) is 16.0 Å². The first-order valence-electron chi connectivity index (χ1n) is 12.4. The standard InChI is InChI=1S/C28H29N7O4S/c1-34(18-22-8-6-16-39-22)27(36)19-10-12-21(13-11-19)31-28-32-25-23(14-15-29-25)26(33-28)30-17-20-7-4-5-9-24(20)35(2)40(3,37)38/h4-16H,17-18H2,1-3H3,(H3,29,30,31,32,33). The van der Waals surface area contributed by atoms with Crippen LogP contribution < -0.4 is 14.9 Å². The zero-order chi connectivity index (χ0) is 28.3. The lowest BCUT2D eigenvalue weighted by Crippen LogP contribution is -2.26. The Morgan fingerprint density at radius 3 is 2.50 bits per heavy atom. The van der Waals surface area contributed by atoms with Gasteiger partial charge in [0.25, 0.3) is 5.91 Å². The monoisotopic (exact) mass is 559 g/mol. The van der Waals surface area contributed by atoms with Gasteiger partial charge >= 0.3 is 0 Å². The zero-order valence-electron chi connectivity index (χ0n) is 22.2. The van der Waals surface area contributed by atoms with Crippen LogP contribution in [-0.2, 0) is 23.1 Å². The Hall–Kier alpha value is -4.84. The molecule has 0 unspecified atom stereocenters. The van der Waals surface area contributed by atoms with E-state index in [-0.39, 0.29) is 5.91 Å². The van der Waals surface area contributed by atoms with Gasteiger partial charge in [-0.3, -0.25) is 9.10 Å². The topological polar surface area (TPSA) is 136 Å². The van der Waals surface area contributed by atoms with Crippen LogP contribution in [0.1, 0.15) is 21.7 Å². The molecule has 0 spiro atoms. The zero-order valence-corrected chi connectivity index (χ0v) is 23.1. The largest absolute Gasteiger partial charge is 0.467 e.